The Hall–Kier alpha value is 1.54. The summed E-state index contributed by atoms with van der Waals surface area (Å²) in [4.78, 5) is 0. The van der Waals surface area contributed by atoms with E-state index in [1.165, 1.54) is 0 Å². The first-order chi connectivity index (χ1) is 6.21. The average Bonchev–Trinajstić information content (AvgIpc) is 1.77. The van der Waals surface area contributed by atoms with Gasteiger partial charge < -0.3 is 0 Å². The van der Waals surface area contributed by atoms with E-state index in [1.807, 2.05) is 0 Å². The molecule has 0 N–H and O–H groups in total. The zero-order chi connectivity index (χ0) is 12.7. The van der Waals surface area contributed by atoms with Gasteiger partial charge in [0.15, 0.2) is 0 Å². The second-order valence-corrected chi connectivity index (χ2v) is 59.8. The molecule has 0 aromatic rings. The van der Waals surface area contributed by atoms with Gasteiger partial charge in [0.05, 0.1) is 0 Å². The van der Waals surface area contributed by atoms with E-state index in [4.69, 9.17) is 0 Å². The fourth-order valence-corrected chi connectivity index (χ4v) is 131. The van der Waals surface area contributed by atoms with E-state index in [0.717, 1.165) is 0 Å². The molecule has 0 unspecified atom stereocenters. The van der Waals surface area contributed by atoms with Crippen LogP contribution in [-0.2, 0) is 0 Å². The van der Waals surface area contributed by atoms with Crippen molar-refractivity contribution in [3.8, 4) is 0 Å². The Balaban J connectivity index is 5.26. The van der Waals surface area contributed by atoms with Crippen molar-refractivity contribution in [2.75, 3.05) is 0 Å². The van der Waals surface area contributed by atoms with E-state index in [1.54, 1.807) is 0 Å². The molecule has 0 aliphatic rings. The second kappa shape index (κ2) is 4.67. The maximum absolute atomic E-state index is 2.73. The Morgan fingerprint density at radius 2 is 0.933 bits per heavy atom. The summed E-state index contributed by atoms with van der Waals surface area (Å²) in [5.41, 5.74) is 0. The molecule has 0 heterocycles. The summed E-state index contributed by atoms with van der Waals surface area (Å²) in [6.45, 7) is 18.5. The van der Waals surface area contributed by atoms with Crippen LogP contribution < -0.4 is 0 Å². The molecule has 15 heavy (non-hydrogen) atoms. The van der Waals surface area contributed by atoms with Crippen molar-refractivity contribution in [2.45, 2.75) is 63.1 Å². The van der Waals surface area contributed by atoms with Gasteiger partial charge in [-0.2, -0.15) is 0 Å². The molecule has 0 amide bonds. The molecule has 0 saturated heterocycles. The van der Waals surface area contributed by atoms with Crippen molar-refractivity contribution in [3.05, 3.63) is 0 Å². The zero-order valence-electron chi connectivity index (χ0n) is 12.4. The van der Waals surface area contributed by atoms with Gasteiger partial charge in [-0.15, -0.1) is 0 Å². The molecule has 0 saturated carbocycles. The second-order valence-electron chi connectivity index (χ2n) is 7.75. The maximum atomic E-state index is 2.73. The first-order valence-corrected chi connectivity index (χ1v) is 27.8. The van der Waals surface area contributed by atoms with Crippen molar-refractivity contribution in [1.82, 2.24) is 0 Å². The quantitative estimate of drug-likeness (QED) is 0.652. The van der Waals surface area contributed by atoms with Crippen molar-refractivity contribution in [3.63, 3.8) is 0 Å². The Morgan fingerprint density at radius 1 is 0.667 bits per heavy atom. The zero-order valence-corrected chi connectivity index (χ0v) is 18.3. The molecule has 0 aromatic carbocycles. The normalized spacial score (nSPS) is 15.6. The van der Waals surface area contributed by atoms with Gasteiger partial charge in [0.2, 0.25) is 0 Å². The van der Waals surface area contributed by atoms with Gasteiger partial charge in [0.1, 0.15) is 0 Å². The summed E-state index contributed by atoms with van der Waals surface area (Å²) in [6.07, 6.45) is -1.01. The Labute approximate surface area is 106 Å². The van der Waals surface area contributed by atoms with Gasteiger partial charge in [-0.05, 0) is 0 Å². The van der Waals surface area contributed by atoms with Crippen LogP contribution in [0, 0.1) is 0 Å². The Bertz CT molecular complexity index is 208. The van der Waals surface area contributed by atoms with Gasteiger partial charge >= 0.3 is 106 Å². The molecule has 0 radical (unpaired) electrons. The Morgan fingerprint density at radius 3 is 1.00 bits per heavy atom. The van der Waals surface area contributed by atoms with E-state index in [9.17, 15) is 0 Å². The molecular formula is C10H30GeSSi3. The molecule has 0 atom stereocenters. The van der Waals surface area contributed by atoms with Crippen LogP contribution in [0.1, 0.15) is 0 Å². The average molecular weight is 339 g/mol. The predicted molar refractivity (Wildman–Crippen MR) is 89.2 cm³/mol. The van der Waals surface area contributed by atoms with Gasteiger partial charge in [0.25, 0.3) is 0 Å². The van der Waals surface area contributed by atoms with Crippen LogP contribution in [-0.4, -0.2) is 33.6 Å². The van der Waals surface area contributed by atoms with E-state index in [2.05, 4.69) is 72.6 Å². The van der Waals surface area contributed by atoms with Crippen LogP contribution in [0.25, 0.3) is 0 Å². The molecule has 0 bridgehead atoms. The van der Waals surface area contributed by atoms with Gasteiger partial charge in [-0.3, -0.25) is 0 Å². The molecule has 0 nitrogen and oxygen atoms in total. The fraction of sp³-hybridized carbons (Fsp3) is 1.00. The molecule has 0 rings (SSSR count). The summed E-state index contributed by atoms with van der Waals surface area (Å²) in [5, 5.41) is 0. The molecule has 0 spiro atoms. The molecule has 0 aliphatic heterocycles. The third-order valence-electron chi connectivity index (χ3n) is 3.37. The minimum absolute atomic E-state index is 0.946. The van der Waals surface area contributed by atoms with Crippen LogP contribution in [0.5, 0.6) is 0 Å². The first kappa shape index (κ1) is 16.5. The summed E-state index contributed by atoms with van der Waals surface area (Å²) < 4.78 is 0. The minimum atomic E-state index is -1.46. The third-order valence-corrected chi connectivity index (χ3v) is 83.7. The standard InChI is InChI=1S/C10H30GeSSi3/c1-11(2,3)12-15(10,13(4,5)6)14(7,8)9/h1-10H3. The topological polar surface area (TPSA) is 0 Å². The van der Waals surface area contributed by atoms with E-state index in [-0.39, 0.29) is 0 Å². The Kier molecular flexibility index (Phi) is 5.15. The molecule has 0 aromatic heterocycles. The molecule has 0 fully saturated rings. The van der Waals surface area contributed by atoms with Crippen molar-refractivity contribution in [1.29, 1.82) is 0 Å². The van der Waals surface area contributed by atoms with Gasteiger partial charge in [-0.1, -0.05) is 0 Å². The van der Waals surface area contributed by atoms with E-state index in [0.29, 0.717) is 0 Å². The fourth-order valence-electron chi connectivity index (χ4n) is 2.04. The van der Waals surface area contributed by atoms with E-state index >= 15 is 0 Å². The molecule has 5 heteroatoms. The number of hydrogen-bond donors (Lipinski definition) is 0. The molecule has 0 aliphatic carbocycles. The summed E-state index contributed by atoms with van der Waals surface area (Å²) in [6, 6.07) is 0. The van der Waals surface area contributed by atoms with Gasteiger partial charge in [-0.25, -0.2) is 0 Å². The third kappa shape index (κ3) is 4.37. The number of hydrogen-bond acceptors (Lipinski definition) is 1. The SMILES string of the molecule is C[Si](C)(C)[Si](C)([S][Ge]([CH3])([CH3])[CH3])[Si](C)(C)C. The summed E-state index contributed by atoms with van der Waals surface area (Å²) >= 11 is -1.46. The van der Waals surface area contributed by atoms with Crippen LogP contribution in [0.3, 0.4) is 0 Å². The monoisotopic (exact) mass is 340 g/mol. The first-order valence-electron chi connectivity index (χ1n) is 5.91. The van der Waals surface area contributed by atoms with Crippen molar-refractivity contribution >= 4 is 43.1 Å². The van der Waals surface area contributed by atoms with Crippen molar-refractivity contribution in [2.24, 2.45) is 0 Å². The predicted octanol–water partition coefficient (Wildman–Crippen LogP) is 4.96. The van der Waals surface area contributed by atoms with Crippen LogP contribution in [0.2, 0.25) is 63.1 Å². The van der Waals surface area contributed by atoms with Crippen LogP contribution in [0.15, 0.2) is 0 Å². The van der Waals surface area contributed by atoms with Crippen LogP contribution in [0.4, 0.5) is 0 Å². The van der Waals surface area contributed by atoms with Crippen molar-refractivity contribution < 1.29 is 0 Å². The molecule has 92 valence electrons. The molecular weight excluding hydrogens is 309 g/mol. The van der Waals surface area contributed by atoms with E-state index < -0.39 is 33.6 Å². The summed E-state index contributed by atoms with van der Waals surface area (Å²) in [5.74, 6) is 7.74. The number of rotatable bonds is 4. The van der Waals surface area contributed by atoms with Gasteiger partial charge in [0, 0.05) is 0 Å². The van der Waals surface area contributed by atoms with Crippen LogP contribution >= 0.6 is 9.54 Å². The summed E-state index contributed by atoms with van der Waals surface area (Å²) in [7, 11) is 0.677.